The molecular formula is C21H17Cl2NO4. The average molecular weight is 418 g/mol. The van der Waals surface area contributed by atoms with Gasteiger partial charge in [0.25, 0.3) is 0 Å². The summed E-state index contributed by atoms with van der Waals surface area (Å²) in [6.45, 7) is 2.26. The van der Waals surface area contributed by atoms with E-state index < -0.39 is 11.9 Å². The van der Waals surface area contributed by atoms with Crippen LogP contribution in [0.5, 0.6) is 0 Å². The van der Waals surface area contributed by atoms with E-state index in [-0.39, 0.29) is 12.3 Å². The van der Waals surface area contributed by atoms with E-state index in [9.17, 15) is 9.59 Å². The minimum Gasteiger partial charge on any atom is -0.478 e. The second-order valence-electron chi connectivity index (χ2n) is 6.01. The highest BCUT2D eigenvalue weighted by Crippen LogP contribution is 2.30. The number of carbonyl (C=O) groups excluding carboxylic acids is 1. The van der Waals surface area contributed by atoms with E-state index in [0.717, 1.165) is 22.5 Å². The van der Waals surface area contributed by atoms with Crippen LogP contribution in [0.4, 0.5) is 0 Å². The second-order valence-corrected chi connectivity index (χ2v) is 6.82. The molecule has 0 spiro atoms. The highest BCUT2D eigenvalue weighted by molar-refractivity contribution is 6.42. The number of aromatic nitrogens is 1. The van der Waals surface area contributed by atoms with E-state index in [4.69, 9.17) is 33.0 Å². The Bertz CT molecular complexity index is 1090. The molecule has 144 valence electrons. The molecule has 2 aromatic carbocycles. The first-order chi connectivity index (χ1) is 13.4. The van der Waals surface area contributed by atoms with Gasteiger partial charge >= 0.3 is 11.9 Å². The van der Waals surface area contributed by atoms with Crippen molar-refractivity contribution in [2.45, 2.75) is 13.5 Å². The van der Waals surface area contributed by atoms with Crippen molar-refractivity contribution in [1.29, 1.82) is 0 Å². The monoisotopic (exact) mass is 417 g/mol. The van der Waals surface area contributed by atoms with Gasteiger partial charge in [0.05, 0.1) is 16.7 Å². The molecule has 0 aliphatic carbocycles. The number of ether oxygens (including phenoxy) is 1. The van der Waals surface area contributed by atoms with Crippen molar-refractivity contribution in [3.63, 3.8) is 0 Å². The molecular weight excluding hydrogens is 401 g/mol. The van der Waals surface area contributed by atoms with E-state index in [1.165, 1.54) is 6.08 Å². The second kappa shape index (κ2) is 8.50. The van der Waals surface area contributed by atoms with Crippen LogP contribution in [0, 0.1) is 0 Å². The Morgan fingerprint density at radius 1 is 1.14 bits per heavy atom. The normalized spacial score (nSPS) is 11.2. The average Bonchev–Trinajstić information content (AvgIpc) is 2.97. The van der Waals surface area contributed by atoms with Gasteiger partial charge in [-0.05, 0) is 36.8 Å². The first-order valence-electron chi connectivity index (χ1n) is 8.55. The Morgan fingerprint density at radius 2 is 1.89 bits per heavy atom. The van der Waals surface area contributed by atoms with Gasteiger partial charge in [-0.3, -0.25) is 0 Å². The molecule has 5 nitrogen and oxygen atoms in total. The molecule has 0 aliphatic rings. The Labute approximate surface area is 171 Å². The van der Waals surface area contributed by atoms with Crippen LogP contribution in [0.15, 0.2) is 48.5 Å². The summed E-state index contributed by atoms with van der Waals surface area (Å²) in [5, 5.41) is 10.7. The molecule has 0 saturated carbocycles. The predicted octanol–water partition coefficient (Wildman–Crippen LogP) is 5.27. The Morgan fingerprint density at radius 3 is 2.57 bits per heavy atom. The largest absolute Gasteiger partial charge is 0.478 e. The molecule has 3 rings (SSSR count). The third-order valence-corrected chi connectivity index (χ3v) is 4.94. The highest BCUT2D eigenvalue weighted by atomic mass is 35.5. The minimum absolute atomic E-state index is 0.204. The summed E-state index contributed by atoms with van der Waals surface area (Å²) < 4.78 is 7.04. The van der Waals surface area contributed by atoms with Gasteiger partial charge < -0.3 is 14.4 Å². The Balaban J connectivity index is 2.24. The predicted molar refractivity (Wildman–Crippen MR) is 110 cm³/mol. The van der Waals surface area contributed by atoms with Crippen molar-refractivity contribution in [3.05, 3.63) is 75.4 Å². The SMILES string of the molecule is CCOC(=O)c1c(/C=C\C(=O)O)c2ccccc2n1Cc1ccc(Cl)c(Cl)c1. The van der Waals surface area contributed by atoms with Crippen molar-refractivity contribution < 1.29 is 19.4 Å². The summed E-state index contributed by atoms with van der Waals surface area (Å²) in [5.74, 6) is -1.63. The number of carboxylic acid groups (broad SMARTS) is 1. The molecule has 0 saturated heterocycles. The number of rotatable bonds is 6. The van der Waals surface area contributed by atoms with Crippen LogP contribution in [0.25, 0.3) is 17.0 Å². The van der Waals surface area contributed by atoms with Gasteiger partial charge in [0, 0.05) is 29.1 Å². The molecule has 0 amide bonds. The van der Waals surface area contributed by atoms with E-state index >= 15 is 0 Å². The lowest BCUT2D eigenvalue weighted by Gasteiger charge is -2.12. The lowest BCUT2D eigenvalue weighted by atomic mass is 10.1. The Hall–Kier alpha value is -2.76. The third kappa shape index (κ3) is 4.06. The molecule has 0 bridgehead atoms. The molecule has 0 aliphatic heterocycles. The van der Waals surface area contributed by atoms with Crippen molar-refractivity contribution in [3.8, 4) is 0 Å². The van der Waals surface area contributed by atoms with Crippen LogP contribution in [0.3, 0.4) is 0 Å². The van der Waals surface area contributed by atoms with Crippen molar-refractivity contribution >= 4 is 52.1 Å². The number of halogens is 2. The van der Waals surface area contributed by atoms with Crippen molar-refractivity contribution in [1.82, 2.24) is 4.57 Å². The lowest BCUT2D eigenvalue weighted by molar-refractivity contribution is -0.131. The van der Waals surface area contributed by atoms with Gasteiger partial charge in [-0.2, -0.15) is 0 Å². The van der Waals surface area contributed by atoms with Gasteiger partial charge in [-0.15, -0.1) is 0 Å². The summed E-state index contributed by atoms with van der Waals surface area (Å²) in [4.78, 5) is 23.8. The van der Waals surface area contributed by atoms with E-state index in [0.29, 0.717) is 22.2 Å². The summed E-state index contributed by atoms with van der Waals surface area (Å²) in [7, 11) is 0. The van der Waals surface area contributed by atoms with Crippen LogP contribution < -0.4 is 0 Å². The molecule has 0 fully saturated rings. The maximum Gasteiger partial charge on any atom is 0.355 e. The number of carbonyl (C=O) groups is 2. The number of nitrogens with zero attached hydrogens (tertiary/aromatic N) is 1. The lowest BCUT2D eigenvalue weighted by Crippen LogP contribution is -2.14. The molecule has 1 aromatic heterocycles. The summed E-state index contributed by atoms with van der Waals surface area (Å²) in [6.07, 6.45) is 2.43. The molecule has 0 unspecified atom stereocenters. The van der Waals surface area contributed by atoms with E-state index in [1.807, 2.05) is 30.3 Å². The fourth-order valence-electron chi connectivity index (χ4n) is 3.06. The minimum atomic E-state index is -1.10. The fraction of sp³-hybridized carbons (Fsp3) is 0.143. The zero-order chi connectivity index (χ0) is 20.3. The Kier molecular flexibility index (Phi) is 6.07. The van der Waals surface area contributed by atoms with Crippen LogP contribution in [0.1, 0.15) is 28.5 Å². The number of esters is 1. The van der Waals surface area contributed by atoms with Crippen LogP contribution in [-0.2, 0) is 16.1 Å². The summed E-state index contributed by atoms with van der Waals surface area (Å²) in [6, 6.07) is 12.6. The summed E-state index contributed by atoms with van der Waals surface area (Å²) >= 11 is 12.1. The van der Waals surface area contributed by atoms with E-state index in [2.05, 4.69) is 0 Å². The van der Waals surface area contributed by atoms with Gasteiger partial charge in [-0.1, -0.05) is 47.5 Å². The maximum atomic E-state index is 12.7. The van der Waals surface area contributed by atoms with Crippen LogP contribution in [-0.4, -0.2) is 28.2 Å². The number of hydrogen-bond donors (Lipinski definition) is 1. The number of hydrogen-bond acceptors (Lipinski definition) is 3. The van der Waals surface area contributed by atoms with Gasteiger partial charge in [0.15, 0.2) is 0 Å². The molecule has 3 aromatic rings. The smallest absolute Gasteiger partial charge is 0.355 e. The third-order valence-electron chi connectivity index (χ3n) is 4.20. The van der Waals surface area contributed by atoms with Crippen LogP contribution >= 0.6 is 23.2 Å². The molecule has 7 heteroatoms. The quantitative estimate of drug-likeness (QED) is 0.437. The molecule has 0 atom stereocenters. The van der Waals surface area contributed by atoms with Gasteiger partial charge in [-0.25, -0.2) is 9.59 Å². The van der Waals surface area contributed by atoms with Crippen molar-refractivity contribution in [2.75, 3.05) is 6.61 Å². The fourth-order valence-corrected chi connectivity index (χ4v) is 3.38. The summed E-state index contributed by atoms with van der Waals surface area (Å²) in [5.41, 5.74) is 2.40. The van der Waals surface area contributed by atoms with Gasteiger partial charge in [0.2, 0.25) is 0 Å². The zero-order valence-electron chi connectivity index (χ0n) is 15.0. The standard InChI is InChI=1S/C21H17Cl2NO4/c1-2-28-21(27)20-15(8-10-19(25)26)14-5-3-4-6-18(14)24(20)12-13-7-9-16(22)17(23)11-13/h3-11H,2,12H2,1H3,(H,25,26)/b10-8-. The molecule has 1 N–H and O–H groups in total. The first kappa shape index (κ1) is 20.0. The first-order valence-corrected chi connectivity index (χ1v) is 9.31. The van der Waals surface area contributed by atoms with Crippen molar-refractivity contribution in [2.24, 2.45) is 0 Å². The molecule has 0 radical (unpaired) electrons. The number of para-hydroxylation sites is 1. The number of fused-ring (bicyclic) bond motifs is 1. The number of benzene rings is 2. The van der Waals surface area contributed by atoms with Crippen LogP contribution in [0.2, 0.25) is 10.0 Å². The maximum absolute atomic E-state index is 12.7. The molecule has 28 heavy (non-hydrogen) atoms. The molecule has 1 heterocycles. The number of carboxylic acids is 1. The van der Waals surface area contributed by atoms with E-state index in [1.54, 1.807) is 23.6 Å². The highest BCUT2D eigenvalue weighted by Gasteiger charge is 2.22. The zero-order valence-corrected chi connectivity index (χ0v) is 16.5. The number of aliphatic carboxylic acids is 1. The topological polar surface area (TPSA) is 68.5 Å². The van der Waals surface area contributed by atoms with Gasteiger partial charge in [0.1, 0.15) is 5.69 Å².